The van der Waals surface area contributed by atoms with E-state index in [9.17, 15) is 13.6 Å². The van der Waals surface area contributed by atoms with Crippen LogP contribution in [0.15, 0.2) is 13.6 Å². The summed E-state index contributed by atoms with van der Waals surface area (Å²) in [4.78, 5) is 10.1. The van der Waals surface area contributed by atoms with E-state index in [0.29, 0.717) is 0 Å². The van der Waals surface area contributed by atoms with Crippen molar-refractivity contribution in [3.63, 3.8) is 0 Å². The minimum absolute atomic E-state index is 0.0592. The first-order valence-corrected chi connectivity index (χ1v) is 2.28. The molecule has 3 nitrogen and oxygen atoms in total. The third-order valence-electron chi connectivity index (χ3n) is 0.828. The van der Waals surface area contributed by atoms with Crippen molar-refractivity contribution in [3.8, 4) is 0 Å². The summed E-state index contributed by atoms with van der Waals surface area (Å²) < 4.78 is 31.2. The minimum Gasteiger partial charge on any atom is -0.388 e. The van der Waals surface area contributed by atoms with E-state index in [1.54, 1.807) is 0 Å². The lowest BCUT2D eigenvalue weighted by atomic mass is 10.7. The molecule has 0 atom stereocenters. The lowest BCUT2D eigenvalue weighted by Gasteiger charge is -1.62. The van der Waals surface area contributed by atoms with Crippen molar-refractivity contribution >= 4 is 12.7 Å². The molecule has 0 saturated carbocycles. The summed E-state index contributed by atoms with van der Waals surface area (Å²) in [6.45, 7) is 0. The fourth-order valence-electron chi connectivity index (χ4n) is 0.453. The van der Waals surface area contributed by atoms with Gasteiger partial charge in [0.1, 0.15) is 12.7 Å². The van der Waals surface area contributed by atoms with Crippen LogP contribution >= 0.6 is 0 Å². The minimum atomic E-state index is -1.13. The Morgan fingerprint density at radius 2 is 1.50 bits per heavy atom. The fraction of sp³-hybridized carbons (Fsp3) is 0. The average Bonchev–Trinajstić information content (AvgIpc) is 2.30. The van der Waals surface area contributed by atoms with Crippen molar-refractivity contribution in [1.29, 1.82) is 0 Å². The molecule has 5 heteroatoms. The van der Waals surface area contributed by atoms with Gasteiger partial charge in [-0.25, -0.2) is 13.6 Å². The van der Waals surface area contributed by atoms with Gasteiger partial charge in [-0.1, -0.05) is 0 Å². The van der Waals surface area contributed by atoms with E-state index in [1.807, 2.05) is 0 Å². The first kappa shape index (κ1) is 6.73. The molecule has 0 aliphatic heterocycles. The van der Waals surface area contributed by atoms with Crippen LogP contribution in [0.1, 0.15) is 0 Å². The van der Waals surface area contributed by atoms with Gasteiger partial charge in [0.05, 0.1) is 0 Å². The molecule has 1 aromatic heterocycles. The second-order valence-electron chi connectivity index (χ2n) is 1.40. The van der Waals surface area contributed by atoms with Crippen molar-refractivity contribution in [2.24, 2.45) is 0 Å². The number of hydrogen-bond donors (Lipinski definition) is 0. The van der Waals surface area contributed by atoms with Gasteiger partial charge in [0.2, 0.25) is 10.8 Å². The van der Waals surface area contributed by atoms with E-state index in [4.69, 9.17) is 0 Å². The molecule has 0 saturated heterocycles. The first-order chi connectivity index (χ1) is 4.77. The average molecular weight is 148 g/mol. The Bertz CT molecular complexity index is 338. The molecule has 0 aliphatic rings. The molecule has 0 unspecified atom stereocenters. The monoisotopic (exact) mass is 148 g/mol. The van der Waals surface area contributed by atoms with Gasteiger partial charge in [-0.05, 0) is 0 Å². The SMILES string of the molecule is O=c1oc(=CF)c(=CF)o1. The summed E-state index contributed by atoms with van der Waals surface area (Å²) in [6.07, 6.45) is -0.118. The topological polar surface area (TPSA) is 43.4 Å². The number of rotatable bonds is 0. The van der Waals surface area contributed by atoms with E-state index >= 15 is 0 Å². The maximum atomic E-state index is 11.6. The van der Waals surface area contributed by atoms with Gasteiger partial charge in [0.25, 0.3) is 0 Å². The van der Waals surface area contributed by atoms with Crippen molar-refractivity contribution in [2.75, 3.05) is 0 Å². The van der Waals surface area contributed by atoms with Crippen molar-refractivity contribution < 1.29 is 17.6 Å². The summed E-state index contributed by atoms with van der Waals surface area (Å²) in [5.41, 5.74) is -1.10. The Balaban J connectivity index is 3.69. The van der Waals surface area contributed by atoms with Crippen LogP contribution in [0.25, 0.3) is 12.7 Å². The highest BCUT2D eigenvalue weighted by Crippen LogP contribution is 1.65. The summed E-state index contributed by atoms with van der Waals surface area (Å²) >= 11 is 0. The van der Waals surface area contributed by atoms with E-state index in [-0.39, 0.29) is 12.7 Å². The van der Waals surface area contributed by atoms with Crippen molar-refractivity contribution in [1.82, 2.24) is 0 Å². The maximum absolute atomic E-state index is 11.6. The van der Waals surface area contributed by atoms with Gasteiger partial charge in [-0.3, -0.25) is 0 Å². The standard InChI is InChI=1S/C5H2F2O3/c6-1-3-4(2-7)10-5(8)9-3/h1-2H. The van der Waals surface area contributed by atoms with Gasteiger partial charge in [-0.15, -0.1) is 0 Å². The van der Waals surface area contributed by atoms with Gasteiger partial charge in [0, 0.05) is 0 Å². The highest BCUT2D eigenvalue weighted by atomic mass is 19.1. The van der Waals surface area contributed by atoms with Crippen LogP contribution in [-0.2, 0) is 0 Å². The molecular weight excluding hydrogens is 146 g/mol. The van der Waals surface area contributed by atoms with E-state index < -0.39 is 16.7 Å². The van der Waals surface area contributed by atoms with Crippen molar-refractivity contribution in [3.05, 3.63) is 21.4 Å². The lowest BCUT2D eigenvalue weighted by Crippen LogP contribution is -2.17. The van der Waals surface area contributed by atoms with Crippen molar-refractivity contribution in [2.45, 2.75) is 0 Å². The number of hydrogen-bond acceptors (Lipinski definition) is 3. The molecule has 54 valence electrons. The second-order valence-corrected chi connectivity index (χ2v) is 1.40. The highest BCUT2D eigenvalue weighted by Gasteiger charge is 1.95. The smallest absolute Gasteiger partial charge is 0.388 e. The van der Waals surface area contributed by atoms with Crippen LogP contribution in [0.3, 0.4) is 0 Å². The Morgan fingerprint density at radius 3 is 1.80 bits per heavy atom. The molecule has 1 rings (SSSR count). The molecule has 1 heterocycles. The van der Waals surface area contributed by atoms with Crippen LogP contribution in [0.5, 0.6) is 0 Å². The molecule has 0 aliphatic carbocycles. The van der Waals surface area contributed by atoms with Gasteiger partial charge in [-0.2, -0.15) is 0 Å². The van der Waals surface area contributed by atoms with E-state index in [1.165, 1.54) is 0 Å². The zero-order valence-electron chi connectivity index (χ0n) is 4.64. The molecule has 0 amide bonds. The van der Waals surface area contributed by atoms with E-state index in [0.717, 1.165) is 0 Å². The number of halogens is 2. The molecular formula is C5H2F2O3. The summed E-state index contributed by atoms with van der Waals surface area (Å²) in [6, 6.07) is 0. The Labute approximate surface area is 52.9 Å². The molecule has 0 spiro atoms. The Morgan fingerprint density at radius 1 is 1.10 bits per heavy atom. The molecule has 10 heavy (non-hydrogen) atoms. The molecule has 0 aromatic carbocycles. The predicted octanol–water partition coefficient (Wildman–Crippen LogP) is -0.352. The normalized spacial score (nSPS) is 14.6. The predicted molar refractivity (Wildman–Crippen MR) is 27.6 cm³/mol. The fourth-order valence-corrected chi connectivity index (χ4v) is 0.453. The third-order valence-corrected chi connectivity index (χ3v) is 0.828. The summed E-state index contributed by atoms with van der Waals surface area (Å²) in [7, 11) is 0. The third kappa shape index (κ3) is 0.975. The largest absolute Gasteiger partial charge is 0.519 e. The van der Waals surface area contributed by atoms with Gasteiger partial charge in [0.15, 0.2) is 0 Å². The summed E-state index contributed by atoms with van der Waals surface area (Å²) in [5, 5.41) is 0. The second kappa shape index (κ2) is 2.47. The van der Waals surface area contributed by atoms with Gasteiger partial charge >= 0.3 is 5.82 Å². The molecule has 0 bridgehead atoms. The van der Waals surface area contributed by atoms with E-state index in [2.05, 4.69) is 8.83 Å². The van der Waals surface area contributed by atoms with Crippen LogP contribution in [0, 0.1) is 0 Å². The quantitative estimate of drug-likeness (QED) is 0.505. The molecule has 0 N–H and O–H groups in total. The Kier molecular flexibility index (Phi) is 1.66. The highest BCUT2D eigenvalue weighted by molar-refractivity contribution is 5.10. The maximum Gasteiger partial charge on any atom is 0.519 e. The lowest BCUT2D eigenvalue weighted by molar-refractivity contribution is 0.369. The zero-order valence-corrected chi connectivity index (χ0v) is 4.64. The first-order valence-electron chi connectivity index (χ1n) is 2.28. The van der Waals surface area contributed by atoms with Crippen LogP contribution in [0.4, 0.5) is 8.78 Å². The van der Waals surface area contributed by atoms with Gasteiger partial charge < -0.3 is 8.83 Å². The Hall–Kier alpha value is -1.39. The van der Waals surface area contributed by atoms with Crippen LogP contribution in [-0.4, -0.2) is 0 Å². The van der Waals surface area contributed by atoms with Crippen LogP contribution < -0.4 is 16.7 Å². The van der Waals surface area contributed by atoms with Crippen LogP contribution in [0.2, 0.25) is 0 Å². The molecule has 0 radical (unpaired) electrons. The molecule has 0 fully saturated rings. The molecule has 1 aromatic rings. The zero-order chi connectivity index (χ0) is 7.56. The summed E-state index contributed by atoms with van der Waals surface area (Å²) in [5.74, 6) is -1.13.